The number of nitrogens with one attached hydrogen (secondary N) is 1. The van der Waals surface area contributed by atoms with E-state index in [4.69, 9.17) is 9.47 Å². The Labute approximate surface area is 211 Å². The molecule has 0 aliphatic carbocycles. The number of hydrogen-bond donors (Lipinski definition) is 1. The number of methoxy groups -OCH3 is 1. The summed E-state index contributed by atoms with van der Waals surface area (Å²) in [6.07, 6.45) is 1.42. The van der Waals surface area contributed by atoms with Crippen LogP contribution in [-0.4, -0.2) is 25.0 Å². The highest BCUT2D eigenvalue weighted by atomic mass is 79.9. The summed E-state index contributed by atoms with van der Waals surface area (Å²) in [6.45, 7) is 4.14. The van der Waals surface area contributed by atoms with Crippen LogP contribution in [-0.2, 0) is 16.2 Å². The van der Waals surface area contributed by atoms with Crippen molar-refractivity contribution in [3.8, 4) is 11.5 Å². The number of hydrogen-bond acceptors (Lipinski definition) is 5. The fourth-order valence-corrected chi connectivity index (χ4v) is 4.35. The monoisotopic (exact) mass is 534 g/mol. The first-order valence-corrected chi connectivity index (χ1v) is 11.6. The summed E-state index contributed by atoms with van der Waals surface area (Å²) < 4.78 is 12.1. The minimum Gasteiger partial charge on any atom is -0.493 e. The molecule has 35 heavy (non-hydrogen) atoms. The van der Waals surface area contributed by atoms with Gasteiger partial charge in [0.2, 0.25) is 0 Å². The van der Waals surface area contributed by atoms with Gasteiger partial charge in [0, 0.05) is 0 Å². The second-order valence-electron chi connectivity index (χ2n) is 8.06. The van der Waals surface area contributed by atoms with E-state index in [0.29, 0.717) is 33.8 Å². The molecule has 0 radical (unpaired) electrons. The van der Waals surface area contributed by atoms with E-state index in [1.807, 2.05) is 31.2 Å². The maximum absolute atomic E-state index is 13.2. The molecule has 0 aromatic heterocycles. The molecule has 3 aromatic rings. The molecule has 1 heterocycles. The lowest BCUT2D eigenvalue weighted by atomic mass is 10.1. The molecule has 1 aliphatic heterocycles. The first-order chi connectivity index (χ1) is 16.8. The van der Waals surface area contributed by atoms with Crippen molar-refractivity contribution in [1.82, 2.24) is 5.32 Å². The fourth-order valence-electron chi connectivity index (χ4n) is 3.78. The molecular weight excluding hydrogens is 512 g/mol. The normalized spacial score (nSPS) is 14.8. The predicted molar refractivity (Wildman–Crippen MR) is 136 cm³/mol. The van der Waals surface area contributed by atoms with Gasteiger partial charge in [-0.3, -0.25) is 14.9 Å². The van der Waals surface area contributed by atoms with Gasteiger partial charge in [-0.2, -0.15) is 0 Å². The molecule has 4 amide bonds. The standard InChI is InChI=1S/C27H23BrN2O5/c1-16-7-6-9-18(11-16)15-35-24-21(28)13-19(14-23(24)34-3)12-20-25(31)29-27(33)30(26(20)32)22-10-5-4-8-17(22)2/h4-14H,15H2,1-3H3,(H,29,31,33)/b20-12+. The average Bonchev–Trinajstić information content (AvgIpc) is 2.82. The zero-order valence-corrected chi connectivity index (χ0v) is 21.0. The van der Waals surface area contributed by atoms with Gasteiger partial charge in [-0.25, -0.2) is 9.69 Å². The summed E-state index contributed by atoms with van der Waals surface area (Å²) in [6, 6.07) is 17.5. The Hall–Kier alpha value is -3.91. The Balaban J connectivity index is 1.65. The number of barbiturate groups is 1. The van der Waals surface area contributed by atoms with Crippen molar-refractivity contribution in [3.05, 3.63) is 93.0 Å². The van der Waals surface area contributed by atoms with Crippen LogP contribution < -0.4 is 19.7 Å². The number of benzene rings is 3. The second-order valence-corrected chi connectivity index (χ2v) is 8.91. The third-order valence-electron chi connectivity index (χ3n) is 5.49. The Morgan fingerprint density at radius 1 is 1.00 bits per heavy atom. The van der Waals surface area contributed by atoms with E-state index in [1.54, 1.807) is 43.3 Å². The van der Waals surface area contributed by atoms with Crippen LogP contribution in [0.15, 0.2) is 70.7 Å². The molecule has 1 aliphatic rings. The van der Waals surface area contributed by atoms with E-state index in [-0.39, 0.29) is 5.57 Å². The number of imide groups is 2. The van der Waals surface area contributed by atoms with E-state index in [0.717, 1.165) is 21.6 Å². The number of halogens is 1. The molecule has 0 saturated carbocycles. The van der Waals surface area contributed by atoms with Crippen LogP contribution in [0, 0.1) is 13.8 Å². The van der Waals surface area contributed by atoms with E-state index >= 15 is 0 Å². The van der Waals surface area contributed by atoms with Gasteiger partial charge in [0.25, 0.3) is 11.8 Å². The van der Waals surface area contributed by atoms with E-state index < -0.39 is 17.8 Å². The molecule has 1 fully saturated rings. The second kappa shape index (κ2) is 10.1. The molecule has 178 valence electrons. The summed E-state index contributed by atoms with van der Waals surface area (Å²) in [7, 11) is 1.51. The van der Waals surface area contributed by atoms with Gasteiger partial charge in [0.1, 0.15) is 12.2 Å². The quantitative estimate of drug-likeness (QED) is 0.341. The molecule has 1 N–H and O–H groups in total. The van der Waals surface area contributed by atoms with Crippen LogP contribution in [0.4, 0.5) is 10.5 Å². The van der Waals surface area contributed by atoms with Crippen molar-refractivity contribution in [3.63, 3.8) is 0 Å². The smallest absolute Gasteiger partial charge is 0.335 e. The van der Waals surface area contributed by atoms with Crippen LogP contribution in [0.5, 0.6) is 11.5 Å². The zero-order valence-electron chi connectivity index (χ0n) is 19.4. The summed E-state index contributed by atoms with van der Waals surface area (Å²) in [5.74, 6) is -0.552. The molecule has 0 spiro atoms. The molecular formula is C27H23BrN2O5. The van der Waals surface area contributed by atoms with E-state index in [9.17, 15) is 14.4 Å². The molecule has 1 saturated heterocycles. The van der Waals surface area contributed by atoms with Crippen LogP contribution in [0.25, 0.3) is 6.08 Å². The molecule has 7 nitrogen and oxygen atoms in total. The predicted octanol–water partition coefficient (Wildman–Crippen LogP) is 5.32. The van der Waals surface area contributed by atoms with E-state index in [1.165, 1.54) is 13.2 Å². The van der Waals surface area contributed by atoms with Crippen LogP contribution in [0.2, 0.25) is 0 Å². The van der Waals surface area contributed by atoms with Crippen LogP contribution in [0.1, 0.15) is 22.3 Å². The number of amides is 4. The van der Waals surface area contributed by atoms with Crippen molar-refractivity contribution in [2.75, 3.05) is 12.0 Å². The lowest BCUT2D eigenvalue weighted by molar-refractivity contribution is -0.122. The Morgan fingerprint density at radius 3 is 2.49 bits per heavy atom. The lowest BCUT2D eigenvalue weighted by Crippen LogP contribution is -2.54. The molecule has 3 aromatic carbocycles. The number of rotatable bonds is 6. The average molecular weight is 535 g/mol. The third-order valence-corrected chi connectivity index (χ3v) is 6.08. The Morgan fingerprint density at radius 2 is 1.77 bits per heavy atom. The number of carbonyl (C=O) groups excluding carboxylic acids is 3. The van der Waals surface area contributed by atoms with E-state index in [2.05, 4.69) is 21.2 Å². The van der Waals surface area contributed by atoms with Crippen molar-refractivity contribution in [2.45, 2.75) is 20.5 Å². The largest absolute Gasteiger partial charge is 0.493 e. The van der Waals surface area contributed by atoms with Gasteiger partial charge in [-0.05, 0) is 70.7 Å². The number of anilines is 1. The maximum Gasteiger partial charge on any atom is 0.335 e. The minimum atomic E-state index is -0.787. The number of aryl methyl sites for hydroxylation is 2. The number of carbonyl (C=O) groups is 3. The highest BCUT2D eigenvalue weighted by Gasteiger charge is 2.37. The molecule has 0 bridgehead atoms. The van der Waals surface area contributed by atoms with Gasteiger partial charge in [-0.1, -0.05) is 48.0 Å². The number of para-hydroxylation sites is 1. The SMILES string of the molecule is COc1cc(/C=C2\C(=O)NC(=O)N(c3ccccc3C)C2=O)cc(Br)c1OCc1cccc(C)c1. The molecule has 8 heteroatoms. The maximum atomic E-state index is 13.2. The van der Waals surface area contributed by atoms with Crippen LogP contribution >= 0.6 is 15.9 Å². The Bertz CT molecular complexity index is 1370. The molecule has 0 unspecified atom stereocenters. The zero-order chi connectivity index (χ0) is 25.1. The first-order valence-electron chi connectivity index (χ1n) is 10.8. The first kappa shape index (κ1) is 24.2. The highest BCUT2D eigenvalue weighted by molar-refractivity contribution is 9.10. The lowest BCUT2D eigenvalue weighted by Gasteiger charge is -2.27. The highest BCUT2D eigenvalue weighted by Crippen LogP contribution is 2.38. The van der Waals surface area contributed by atoms with Gasteiger partial charge >= 0.3 is 6.03 Å². The van der Waals surface area contributed by atoms with Crippen molar-refractivity contribution in [2.24, 2.45) is 0 Å². The summed E-state index contributed by atoms with van der Waals surface area (Å²) in [5, 5.41) is 2.24. The number of urea groups is 1. The third kappa shape index (κ3) is 5.12. The summed E-state index contributed by atoms with van der Waals surface area (Å²) >= 11 is 3.51. The van der Waals surface area contributed by atoms with Gasteiger partial charge in [-0.15, -0.1) is 0 Å². The minimum absolute atomic E-state index is 0.171. The van der Waals surface area contributed by atoms with Gasteiger partial charge in [0.05, 0.1) is 17.3 Å². The van der Waals surface area contributed by atoms with Crippen LogP contribution in [0.3, 0.4) is 0 Å². The number of ether oxygens (including phenoxy) is 2. The molecule has 4 rings (SSSR count). The topological polar surface area (TPSA) is 84.9 Å². The summed E-state index contributed by atoms with van der Waals surface area (Å²) in [4.78, 5) is 39.2. The summed E-state index contributed by atoms with van der Waals surface area (Å²) in [5.41, 5.74) is 3.63. The number of nitrogens with zero attached hydrogens (tertiary/aromatic N) is 1. The Kier molecular flexibility index (Phi) is 7.02. The van der Waals surface area contributed by atoms with Gasteiger partial charge in [0.15, 0.2) is 11.5 Å². The van der Waals surface area contributed by atoms with Crippen molar-refractivity contribution in [1.29, 1.82) is 0 Å². The van der Waals surface area contributed by atoms with Gasteiger partial charge < -0.3 is 9.47 Å². The fraction of sp³-hybridized carbons (Fsp3) is 0.148. The van der Waals surface area contributed by atoms with Crippen molar-refractivity contribution < 1.29 is 23.9 Å². The molecule has 0 atom stereocenters. The van der Waals surface area contributed by atoms with Crippen molar-refractivity contribution >= 4 is 45.5 Å².